The van der Waals surface area contributed by atoms with Crippen molar-refractivity contribution in [3.63, 3.8) is 0 Å². The lowest BCUT2D eigenvalue weighted by atomic mass is 10.0. The van der Waals surface area contributed by atoms with Gasteiger partial charge >= 0.3 is 17.9 Å². The molecule has 1 atom stereocenters. The monoisotopic (exact) mass is 1150 g/mol. The number of unbranched alkanes of at least 4 members (excludes halogenated alkanes) is 55. The lowest BCUT2D eigenvalue weighted by Gasteiger charge is -2.18. The van der Waals surface area contributed by atoms with Crippen molar-refractivity contribution in [3.8, 4) is 0 Å². The number of allylic oxidation sites excluding steroid dienone is 4. The van der Waals surface area contributed by atoms with Gasteiger partial charge in [0.1, 0.15) is 13.2 Å². The SMILES string of the molecule is CCCCCCCC/C=C\CCCCCCCCCCCC(=O)OC(COC(=O)CCCCCCC/C=C\CCCCCCCCC)COC(=O)CCCCCCCCCCCCCCCCCCCCCCCCCCCCCCC. The van der Waals surface area contributed by atoms with Crippen molar-refractivity contribution in [1.82, 2.24) is 0 Å². The molecular weight excluding hydrogens is 1010 g/mol. The first-order chi connectivity index (χ1) is 40.5. The summed E-state index contributed by atoms with van der Waals surface area (Å²) in [5.74, 6) is -0.847. The van der Waals surface area contributed by atoms with Crippen molar-refractivity contribution >= 4 is 17.9 Å². The number of carbonyl (C=O) groups excluding carboxylic acids is 3. The quantitative estimate of drug-likeness (QED) is 0.0261. The van der Waals surface area contributed by atoms with Crippen LogP contribution in [0.4, 0.5) is 0 Å². The Morgan fingerprint density at radius 3 is 0.610 bits per heavy atom. The van der Waals surface area contributed by atoms with E-state index in [0.29, 0.717) is 19.3 Å². The smallest absolute Gasteiger partial charge is 0.306 e. The van der Waals surface area contributed by atoms with Gasteiger partial charge < -0.3 is 14.2 Å². The van der Waals surface area contributed by atoms with Gasteiger partial charge in [-0.3, -0.25) is 14.4 Å². The minimum absolute atomic E-state index is 0.0691. The lowest BCUT2D eigenvalue weighted by Crippen LogP contribution is -2.30. The Morgan fingerprint density at radius 2 is 0.402 bits per heavy atom. The molecule has 82 heavy (non-hydrogen) atoms. The molecule has 6 nitrogen and oxygen atoms in total. The Morgan fingerprint density at radius 1 is 0.232 bits per heavy atom. The average molecular weight is 1150 g/mol. The number of hydrogen-bond donors (Lipinski definition) is 0. The molecular formula is C76H144O6. The summed E-state index contributed by atoms with van der Waals surface area (Å²) < 4.78 is 17.0. The van der Waals surface area contributed by atoms with Gasteiger partial charge in [-0.2, -0.15) is 0 Å². The molecule has 0 aromatic rings. The fourth-order valence-electron chi connectivity index (χ4n) is 11.6. The Bertz CT molecular complexity index is 1320. The lowest BCUT2D eigenvalue weighted by molar-refractivity contribution is -0.167. The normalized spacial score (nSPS) is 12.1. The van der Waals surface area contributed by atoms with Crippen LogP contribution in [-0.4, -0.2) is 37.2 Å². The van der Waals surface area contributed by atoms with E-state index >= 15 is 0 Å². The van der Waals surface area contributed by atoms with E-state index in [1.165, 1.54) is 321 Å². The zero-order valence-corrected chi connectivity index (χ0v) is 55.8. The van der Waals surface area contributed by atoms with Crippen LogP contribution in [0.3, 0.4) is 0 Å². The molecule has 0 saturated heterocycles. The first-order valence-corrected chi connectivity index (χ1v) is 37.3. The van der Waals surface area contributed by atoms with Crippen LogP contribution < -0.4 is 0 Å². The molecule has 484 valence electrons. The Labute approximate surface area is 513 Å². The van der Waals surface area contributed by atoms with Crippen molar-refractivity contribution in [3.05, 3.63) is 24.3 Å². The van der Waals surface area contributed by atoms with Gasteiger partial charge in [0.15, 0.2) is 6.10 Å². The molecule has 0 aliphatic rings. The van der Waals surface area contributed by atoms with Gasteiger partial charge in [-0.1, -0.05) is 360 Å². The van der Waals surface area contributed by atoms with Gasteiger partial charge in [-0.15, -0.1) is 0 Å². The molecule has 0 heterocycles. The predicted molar refractivity (Wildman–Crippen MR) is 358 cm³/mol. The van der Waals surface area contributed by atoms with Gasteiger partial charge in [0, 0.05) is 19.3 Å². The van der Waals surface area contributed by atoms with Crippen LogP contribution in [0.25, 0.3) is 0 Å². The van der Waals surface area contributed by atoms with E-state index in [9.17, 15) is 14.4 Å². The van der Waals surface area contributed by atoms with E-state index in [1.54, 1.807) is 0 Å². The van der Waals surface area contributed by atoms with E-state index < -0.39 is 6.10 Å². The number of carbonyl (C=O) groups is 3. The maximum absolute atomic E-state index is 13.0. The minimum Gasteiger partial charge on any atom is -0.462 e. The number of hydrogen-bond acceptors (Lipinski definition) is 6. The Hall–Kier alpha value is -2.11. The van der Waals surface area contributed by atoms with Gasteiger partial charge in [-0.05, 0) is 70.6 Å². The Kier molecular flexibility index (Phi) is 69.5. The highest BCUT2D eigenvalue weighted by molar-refractivity contribution is 5.71. The molecule has 1 unspecified atom stereocenters. The second kappa shape index (κ2) is 71.4. The number of ether oxygens (including phenoxy) is 3. The van der Waals surface area contributed by atoms with Crippen LogP contribution in [0.5, 0.6) is 0 Å². The van der Waals surface area contributed by atoms with Crippen LogP contribution in [0, 0.1) is 0 Å². The van der Waals surface area contributed by atoms with Gasteiger partial charge in [0.25, 0.3) is 0 Å². The summed E-state index contributed by atoms with van der Waals surface area (Å²) in [6, 6.07) is 0. The molecule has 0 aromatic heterocycles. The molecule has 0 fully saturated rings. The summed E-state index contributed by atoms with van der Waals surface area (Å²) in [4.78, 5) is 38.5. The third-order valence-electron chi connectivity index (χ3n) is 17.2. The van der Waals surface area contributed by atoms with Crippen LogP contribution in [0.1, 0.15) is 425 Å². The molecule has 0 saturated carbocycles. The van der Waals surface area contributed by atoms with E-state index in [1.807, 2.05) is 0 Å². The molecule has 0 amide bonds. The average Bonchev–Trinajstić information content (AvgIpc) is 3.47. The second-order valence-electron chi connectivity index (χ2n) is 25.6. The van der Waals surface area contributed by atoms with Crippen LogP contribution in [-0.2, 0) is 28.6 Å². The largest absolute Gasteiger partial charge is 0.462 e. The number of esters is 3. The topological polar surface area (TPSA) is 78.9 Å². The molecule has 0 spiro atoms. The van der Waals surface area contributed by atoms with Gasteiger partial charge in [-0.25, -0.2) is 0 Å². The first kappa shape index (κ1) is 79.9. The summed E-state index contributed by atoms with van der Waals surface area (Å²) in [7, 11) is 0. The maximum Gasteiger partial charge on any atom is 0.306 e. The van der Waals surface area contributed by atoms with Crippen LogP contribution in [0.15, 0.2) is 24.3 Å². The summed E-state index contributed by atoms with van der Waals surface area (Å²) >= 11 is 0. The van der Waals surface area contributed by atoms with Crippen molar-refractivity contribution in [2.75, 3.05) is 13.2 Å². The van der Waals surface area contributed by atoms with Crippen molar-refractivity contribution in [2.24, 2.45) is 0 Å². The molecule has 0 aliphatic heterocycles. The predicted octanol–water partition coefficient (Wildman–Crippen LogP) is 25.7. The zero-order chi connectivity index (χ0) is 59.2. The Balaban J connectivity index is 4.21. The van der Waals surface area contributed by atoms with E-state index in [0.717, 1.165) is 64.2 Å². The minimum atomic E-state index is -0.774. The van der Waals surface area contributed by atoms with E-state index in [-0.39, 0.29) is 31.1 Å². The van der Waals surface area contributed by atoms with E-state index in [2.05, 4.69) is 45.1 Å². The molecule has 0 N–H and O–H groups in total. The molecule has 0 bridgehead atoms. The highest BCUT2D eigenvalue weighted by Crippen LogP contribution is 2.19. The van der Waals surface area contributed by atoms with Gasteiger partial charge in [0.05, 0.1) is 0 Å². The first-order valence-electron chi connectivity index (χ1n) is 37.3. The van der Waals surface area contributed by atoms with Crippen LogP contribution in [0.2, 0.25) is 0 Å². The third-order valence-corrected chi connectivity index (χ3v) is 17.2. The second-order valence-corrected chi connectivity index (χ2v) is 25.6. The summed E-state index contributed by atoms with van der Waals surface area (Å²) in [5.41, 5.74) is 0. The fraction of sp³-hybridized carbons (Fsp3) is 0.908. The highest BCUT2D eigenvalue weighted by atomic mass is 16.6. The highest BCUT2D eigenvalue weighted by Gasteiger charge is 2.20. The summed E-state index contributed by atoms with van der Waals surface area (Å²) in [6.07, 6.45) is 88.0. The van der Waals surface area contributed by atoms with Crippen LogP contribution >= 0.6 is 0 Å². The summed E-state index contributed by atoms with van der Waals surface area (Å²) in [5, 5.41) is 0. The molecule has 0 radical (unpaired) electrons. The maximum atomic E-state index is 13.0. The van der Waals surface area contributed by atoms with E-state index in [4.69, 9.17) is 14.2 Å². The summed E-state index contributed by atoms with van der Waals surface area (Å²) in [6.45, 7) is 6.71. The molecule has 6 heteroatoms. The zero-order valence-electron chi connectivity index (χ0n) is 55.8. The van der Waals surface area contributed by atoms with Gasteiger partial charge in [0.2, 0.25) is 0 Å². The molecule has 0 aromatic carbocycles. The number of rotatable bonds is 70. The standard InChI is InChI=1S/C76H144O6/c1-4-7-10-13-16-19-22-25-28-31-33-34-35-36-37-38-39-40-41-42-44-45-48-51-54-57-60-63-66-69-75(78)81-72-73(71-80-74(77)68-65-62-59-56-53-50-47-30-27-24-21-18-15-12-9-6-3)82-76(79)70-67-64-61-58-55-52-49-46-43-32-29-26-23-20-17-14-11-8-5-2/h26,29-30,47,73H,4-25,27-28,31-46,48-72H2,1-3H3/b29-26-,47-30-. The fourth-order valence-corrected chi connectivity index (χ4v) is 11.6. The molecule has 0 rings (SSSR count). The molecule has 0 aliphatic carbocycles. The van der Waals surface area contributed by atoms with Crippen molar-refractivity contribution < 1.29 is 28.6 Å². The van der Waals surface area contributed by atoms with Crippen molar-refractivity contribution in [1.29, 1.82) is 0 Å². The van der Waals surface area contributed by atoms with Crippen molar-refractivity contribution in [2.45, 2.75) is 431 Å². The third kappa shape index (κ3) is 68.7.